The quantitative estimate of drug-likeness (QED) is 0.942. The number of hydrogen-bond donors (Lipinski definition) is 1. The van der Waals surface area contributed by atoms with Gasteiger partial charge in [0.15, 0.2) is 0 Å². The number of aryl methyl sites for hydroxylation is 1. The lowest BCUT2D eigenvalue weighted by molar-refractivity contribution is 0.307. The summed E-state index contributed by atoms with van der Waals surface area (Å²) in [6.45, 7) is 3.58. The van der Waals surface area contributed by atoms with Crippen molar-refractivity contribution in [3.63, 3.8) is 0 Å². The molecule has 0 spiro atoms. The van der Waals surface area contributed by atoms with E-state index in [-0.39, 0.29) is 0 Å². The maximum Gasteiger partial charge on any atom is 0.0831 e. The summed E-state index contributed by atoms with van der Waals surface area (Å²) in [6, 6.07) is 10.7. The summed E-state index contributed by atoms with van der Waals surface area (Å²) in [7, 11) is 1.94. The lowest BCUT2D eigenvalue weighted by Gasteiger charge is -2.17. The van der Waals surface area contributed by atoms with E-state index < -0.39 is 0 Å². The molecular formula is C16H21ClN4. The molecule has 112 valence electrons. The Bertz CT molecular complexity index is 576. The Morgan fingerprint density at radius 3 is 2.67 bits per heavy atom. The van der Waals surface area contributed by atoms with Crippen molar-refractivity contribution < 1.29 is 0 Å². The average molecular weight is 305 g/mol. The van der Waals surface area contributed by atoms with E-state index in [9.17, 15) is 0 Å². The summed E-state index contributed by atoms with van der Waals surface area (Å²) in [5, 5.41) is 4.95. The molecule has 0 aliphatic carbocycles. The Labute approximate surface area is 130 Å². The number of nitrogens with zero attached hydrogens (tertiary/aromatic N) is 3. The fraction of sp³-hybridized carbons (Fsp3) is 0.438. The molecule has 0 bridgehead atoms. The van der Waals surface area contributed by atoms with Crippen LogP contribution in [0, 0.1) is 5.92 Å². The van der Waals surface area contributed by atoms with E-state index in [4.69, 9.17) is 17.3 Å². The van der Waals surface area contributed by atoms with E-state index in [1.165, 1.54) is 5.56 Å². The van der Waals surface area contributed by atoms with Crippen molar-refractivity contribution >= 4 is 11.6 Å². The highest BCUT2D eigenvalue weighted by Crippen LogP contribution is 2.33. The second-order valence-electron chi connectivity index (χ2n) is 5.77. The van der Waals surface area contributed by atoms with E-state index in [1.807, 2.05) is 11.7 Å². The van der Waals surface area contributed by atoms with E-state index in [0.717, 1.165) is 36.9 Å². The third kappa shape index (κ3) is 2.98. The molecule has 1 aromatic heterocycles. The van der Waals surface area contributed by atoms with Gasteiger partial charge in [0.05, 0.1) is 16.9 Å². The van der Waals surface area contributed by atoms with Gasteiger partial charge in [0.2, 0.25) is 0 Å². The van der Waals surface area contributed by atoms with Crippen LogP contribution in [0.1, 0.15) is 17.2 Å². The molecule has 0 saturated carbocycles. The molecule has 0 radical (unpaired) electrons. The third-order valence-corrected chi connectivity index (χ3v) is 4.75. The van der Waals surface area contributed by atoms with E-state index in [0.29, 0.717) is 11.8 Å². The predicted molar refractivity (Wildman–Crippen MR) is 85.2 cm³/mol. The van der Waals surface area contributed by atoms with Gasteiger partial charge in [0.1, 0.15) is 0 Å². The van der Waals surface area contributed by atoms with Gasteiger partial charge in [-0.2, -0.15) is 5.10 Å². The van der Waals surface area contributed by atoms with Crippen molar-refractivity contribution in [2.45, 2.75) is 12.5 Å². The first kappa shape index (κ1) is 14.6. The molecule has 2 atom stereocenters. The van der Waals surface area contributed by atoms with Gasteiger partial charge in [-0.15, -0.1) is 0 Å². The van der Waals surface area contributed by atoms with Crippen LogP contribution >= 0.6 is 11.6 Å². The maximum absolute atomic E-state index is 6.21. The zero-order valence-corrected chi connectivity index (χ0v) is 13.0. The van der Waals surface area contributed by atoms with Crippen LogP contribution in [0.15, 0.2) is 36.5 Å². The first-order valence-corrected chi connectivity index (χ1v) is 7.70. The van der Waals surface area contributed by atoms with Crippen molar-refractivity contribution in [2.75, 3.05) is 19.6 Å². The molecule has 1 fully saturated rings. The van der Waals surface area contributed by atoms with Crippen LogP contribution in [0.5, 0.6) is 0 Å². The number of benzene rings is 1. The number of halogens is 1. The number of aromatic nitrogens is 2. The molecule has 2 aromatic rings. The van der Waals surface area contributed by atoms with Crippen LogP contribution in [0.3, 0.4) is 0 Å². The summed E-state index contributed by atoms with van der Waals surface area (Å²) >= 11 is 6.21. The first-order valence-electron chi connectivity index (χ1n) is 7.32. The molecule has 3 rings (SSSR count). The molecule has 21 heavy (non-hydrogen) atoms. The second-order valence-corrected chi connectivity index (χ2v) is 6.18. The highest BCUT2D eigenvalue weighted by atomic mass is 35.5. The highest BCUT2D eigenvalue weighted by molar-refractivity contribution is 6.31. The largest absolute Gasteiger partial charge is 0.330 e. The van der Waals surface area contributed by atoms with E-state index >= 15 is 0 Å². The molecule has 0 amide bonds. The molecule has 1 aromatic carbocycles. The number of likely N-dealkylation sites (tertiary alicyclic amines) is 1. The fourth-order valence-electron chi connectivity index (χ4n) is 3.23. The SMILES string of the molecule is Cn1ncc(Cl)c1CN1C[C@@H](CN)[C@H](c2ccccc2)C1. The summed E-state index contributed by atoms with van der Waals surface area (Å²) in [5.41, 5.74) is 8.44. The van der Waals surface area contributed by atoms with E-state index in [1.54, 1.807) is 6.20 Å². The third-order valence-electron chi connectivity index (χ3n) is 4.43. The molecule has 0 unspecified atom stereocenters. The normalized spacial score (nSPS) is 22.8. The zero-order valence-electron chi connectivity index (χ0n) is 12.2. The summed E-state index contributed by atoms with van der Waals surface area (Å²) in [6.07, 6.45) is 1.71. The van der Waals surface area contributed by atoms with Crippen LogP contribution in [0.2, 0.25) is 5.02 Å². The second kappa shape index (κ2) is 6.18. The Morgan fingerprint density at radius 2 is 2.05 bits per heavy atom. The standard InChI is InChI=1S/C16H21ClN4/c1-20-16(15(17)8-19-20)11-21-9-13(7-18)14(10-21)12-5-3-2-4-6-12/h2-6,8,13-14H,7,9-11,18H2,1H3/t13-,14+/m1/s1. The van der Waals surface area contributed by atoms with Crippen LogP contribution < -0.4 is 5.73 Å². The molecule has 5 heteroatoms. The zero-order chi connectivity index (χ0) is 14.8. The summed E-state index contributed by atoms with van der Waals surface area (Å²) in [5.74, 6) is 1.00. The minimum atomic E-state index is 0.499. The molecule has 1 aliphatic heterocycles. The van der Waals surface area contributed by atoms with Gasteiger partial charge in [-0.25, -0.2) is 0 Å². The van der Waals surface area contributed by atoms with Crippen LogP contribution in [0.25, 0.3) is 0 Å². The monoisotopic (exact) mass is 304 g/mol. The Morgan fingerprint density at radius 1 is 1.29 bits per heavy atom. The topological polar surface area (TPSA) is 47.1 Å². The van der Waals surface area contributed by atoms with Crippen LogP contribution in [0.4, 0.5) is 0 Å². The minimum absolute atomic E-state index is 0.499. The highest BCUT2D eigenvalue weighted by Gasteiger charge is 2.33. The molecule has 1 saturated heterocycles. The van der Waals surface area contributed by atoms with E-state index in [2.05, 4.69) is 40.3 Å². The number of nitrogens with two attached hydrogens (primary N) is 1. The lowest BCUT2D eigenvalue weighted by Crippen LogP contribution is -2.24. The van der Waals surface area contributed by atoms with Crippen molar-refractivity contribution in [3.8, 4) is 0 Å². The van der Waals surface area contributed by atoms with Gasteiger partial charge < -0.3 is 5.73 Å². The van der Waals surface area contributed by atoms with Crippen molar-refractivity contribution in [1.82, 2.24) is 14.7 Å². The molecule has 4 nitrogen and oxygen atoms in total. The number of rotatable bonds is 4. The predicted octanol–water partition coefficient (Wildman–Crippen LogP) is 2.25. The molecule has 2 heterocycles. The first-order chi connectivity index (χ1) is 10.2. The fourth-order valence-corrected chi connectivity index (χ4v) is 3.46. The summed E-state index contributed by atoms with van der Waals surface area (Å²) in [4.78, 5) is 2.43. The van der Waals surface area contributed by atoms with Crippen LogP contribution in [-0.4, -0.2) is 34.3 Å². The molecular weight excluding hydrogens is 284 g/mol. The van der Waals surface area contributed by atoms with Crippen LogP contribution in [-0.2, 0) is 13.6 Å². The van der Waals surface area contributed by atoms with Crippen molar-refractivity contribution in [1.29, 1.82) is 0 Å². The van der Waals surface area contributed by atoms with Gasteiger partial charge >= 0.3 is 0 Å². The lowest BCUT2D eigenvalue weighted by atomic mass is 9.89. The smallest absolute Gasteiger partial charge is 0.0831 e. The minimum Gasteiger partial charge on any atom is -0.330 e. The van der Waals surface area contributed by atoms with Gasteiger partial charge in [0.25, 0.3) is 0 Å². The Balaban J connectivity index is 1.75. The molecule has 1 aliphatic rings. The number of hydrogen-bond acceptors (Lipinski definition) is 3. The van der Waals surface area contributed by atoms with Gasteiger partial charge in [0, 0.05) is 32.6 Å². The Hall–Kier alpha value is -1.36. The maximum atomic E-state index is 6.21. The summed E-state index contributed by atoms with van der Waals surface area (Å²) < 4.78 is 1.86. The Kier molecular flexibility index (Phi) is 4.29. The van der Waals surface area contributed by atoms with Gasteiger partial charge in [-0.1, -0.05) is 41.9 Å². The van der Waals surface area contributed by atoms with Crippen molar-refractivity contribution in [3.05, 3.63) is 52.8 Å². The van der Waals surface area contributed by atoms with Gasteiger partial charge in [-0.3, -0.25) is 9.58 Å². The average Bonchev–Trinajstić information content (AvgIpc) is 3.06. The molecule has 2 N–H and O–H groups in total. The van der Waals surface area contributed by atoms with Gasteiger partial charge in [-0.05, 0) is 18.0 Å². The van der Waals surface area contributed by atoms with Crippen molar-refractivity contribution in [2.24, 2.45) is 18.7 Å².